The molecule has 1 aliphatic heterocycles. The maximum Gasteiger partial charge on any atom is 0.221 e. The van der Waals surface area contributed by atoms with Crippen LogP contribution in [0.25, 0.3) is 0 Å². The quantitative estimate of drug-likeness (QED) is 0.719. The van der Waals surface area contributed by atoms with Gasteiger partial charge in [-0.05, 0) is 25.1 Å². The van der Waals surface area contributed by atoms with Crippen LogP contribution in [-0.4, -0.2) is 5.90 Å². The van der Waals surface area contributed by atoms with Crippen LogP contribution in [0.15, 0.2) is 59.6 Å². The second-order valence-electron chi connectivity index (χ2n) is 4.10. The molecule has 1 heterocycles. The predicted molar refractivity (Wildman–Crippen MR) is 68.6 cm³/mol. The van der Waals surface area contributed by atoms with Crippen LogP contribution in [0.3, 0.4) is 0 Å². The number of para-hydroxylation sites is 1. The van der Waals surface area contributed by atoms with E-state index in [0.717, 1.165) is 16.8 Å². The lowest BCUT2D eigenvalue weighted by molar-refractivity contribution is 0.209. The van der Waals surface area contributed by atoms with Gasteiger partial charge in [-0.2, -0.15) is 0 Å². The van der Waals surface area contributed by atoms with Gasteiger partial charge in [0.15, 0.2) is 0 Å². The smallest absolute Gasteiger partial charge is 0.221 e. The van der Waals surface area contributed by atoms with Gasteiger partial charge in [-0.15, -0.1) is 0 Å². The maximum absolute atomic E-state index is 5.85. The van der Waals surface area contributed by atoms with Crippen molar-refractivity contribution >= 4 is 11.6 Å². The van der Waals surface area contributed by atoms with Gasteiger partial charge >= 0.3 is 0 Å². The van der Waals surface area contributed by atoms with Gasteiger partial charge in [0.1, 0.15) is 6.10 Å². The number of hydrogen-bond donors (Lipinski definition) is 0. The van der Waals surface area contributed by atoms with Crippen molar-refractivity contribution in [3.8, 4) is 0 Å². The molecule has 84 valence electrons. The number of nitrogens with zero attached hydrogens (tertiary/aromatic N) is 1. The summed E-state index contributed by atoms with van der Waals surface area (Å²) in [5, 5.41) is 0. The second kappa shape index (κ2) is 4.06. The van der Waals surface area contributed by atoms with E-state index in [1.807, 2.05) is 48.5 Å². The Balaban J connectivity index is 2.08. The van der Waals surface area contributed by atoms with Crippen molar-refractivity contribution in [3.63, 3.8) is 0 Å². The van der Waals surface area contributed by atoms with Crippen molar-refractivity contribution in [2.75, 3.05) is 0 Å². The third kappa shape index (κ3) is 1.82. The number of fused-ring (bicyclic) bond motifs is 1. The summed E-state index contributed by atoms with van der Waals surface area (Å²) >= 11 is 0. The molecule has 17 heavy (non-hydrogen) atoms. The number of hydrogen-bond acceptors (Lipinski definition) is 2. The summed E-state index contributed by atoms with van der Waals surface area (Å²) in [6, 6.07) is 18.1. The Morgan fingerprint density at radius 3 is 2.47 bits per heavy atom. The lowest BCUT2D eigenvalue weighted by Crippen LogP contribution is -2.14. The first-order valence-corrected chi connectivity index (χ1v) is 5.74. The van der Waals surface area contributed by atoms with E-state index < -0.39 is 0 Å². The Hall–Kier alpha value is -2.09. The van der Waals surface area contributed by atoms with Crippen LogP contribution < -0.4 is 0 Å². The van der Waals surface area contributed by atoms with Crippen LogP contribution in [0.5, 0.6) is 0 Å². The van der Waals surface area contributed by atoms with Crippen molar-refractivity contribution < 1.29 is 4.74 Å². The van der Waals surface area contributed by atoms with Crippen LogP contribution in [0.1, 0.15) is 24.2 Å². The molecule has 0 amide bonds. The third-order valence-corrected chi connectivity index (χ3v) is 2.91. The Morgan fingerprint density at radius 1 is 0.941 bits per heavy atom. The van der Waals surface area contributed by atoms with E-state index in [1.165, 1.54) is 0 Å². The average Bonchev–Trinajstić information content (AvgIpc) is 2.40. The van der Waals surface area contributed by atoms with E-state index in [0.29, 0.717) is 5.90 Å². The van der Waals surface area contributed by atoms with Gasteiger partial charge in [0.05, 0.1) is 5.69 Å². The molecular formula is C15H13NO. The van der Waals surface area contributed by atoms with Crippen molar-refractivity contribution in [1.29, 1.82) is 0 Å². The van der Waals surface area contributed by atoms with Crippen LogP contribution >= 0.6 is 0 Å². The Kier molecular flexibility index (Phi) is 2.41. The highest BCUT2D eigenvalue weighted by Crippen LogP contribution is 2.33. The average molecular weight is 223 g/mol. The van der Waals surface area contributed by atoms with E-state index >= 15 is 0 Å². The summed E-state index contributed by atoms with van der Waals surface area (Å²) < 4.78 is 5.85. The summed E-state index contributed by atoms with van der Waals surface area (Å²) in [5.74, 6) is 0.705. The van der Waals surface area contributed by atoms with Crippen molar-refractivity contribution in [3.05, 3.63) is 65.7 Å². The molecule has 2 aromatic rings. The molecule has 1 aliphatic rings. The van der Waals surface area contributed by atoms with Gasteiger partial charge in [0.25, 0.3) is 0 Å². The molecule has 0 bridgehead atoms. The molecule has 0 N–H and O–H groups in total. The largest absolute Gasteiger partial charge is 0.469 e. The van der Waals surface area contributed by atoms with E-state index in [1.54, 1.807) is 0 Å². The molecule has 0 saturated carbocycles. The summed E-state index contributed by atoms with van der Waals surface area (Å²) in [6.07, 6.45) is 0.0545. The molecule has 0 spiro atoms. The highest BCUT2D eigenvalue weighted by Gasteiger charge is 2.20. The summed E-state index contributed by atoms with van der Waals surface area (Å²) in [5.41, 5.74) is 3.17. The molecule has 0 fully saturated rings. The fourth-order valence-corrected chi connectivity index (χ4v) is 2.01. The molecular weight excluding hydrogens is 210 g/mol. The minimum atomic E-state index is 0.0545. The monoisotopic (exact) mass is 223 g/mol. The lowest BCUT2D eigenvalue weighted by Gasteiger charge is -2.23. The highest BCUT2D eigenvalue weighted by molar-refractivity contribution is 5.97. The second-order valence-corrected chi connectivity index (χ2v) is 4.10. The fourth-order valence-electron chi connectivity index (χ4n) is 2.01. The van der Waals surface area contributed by atoms with Crippen molar-refractivity contribution in [1.82, 2.24) is 0 Å². The SMILES string of the molecule is CC1OC(c2ccccc2)=Nc2ccccc21. The molecule has 0 aliphatic carbocycles. The molecule has 0 radical (unpaired) electrons. The summed E-state index contributed by atoms with van der Waals surface area (Å²) in [7, 11) is 0. The first-order valence-electron chi connectivity index (χ1n) is 5.74. The van der Waals surface area contributed by atoms with E-state index in [-0.39, 0.29) is 6.10 Å². The molecule has 2 aromatic carbocycles. The van der Waals surface area contributed by atoms with Crippen molar-refractivity contribution in [2.24, 2.45) is 4.99 Å². The third-order valence-electron chi connectivity index (χ3n) is 2.91. The zero-order valence-electron chi connectivity index (χ0n) is 9.63. The van der Waals surface area contributed by atoms with Gasteiger partial charge in [-0.3, -0.25) is 0 Å². The van der Waals surface area contributed by atoms with E-state index in [2.05, 4.69) is 18.0 Å². The predicted octanol–water partition coefficient (Wildman–Crippen LogP) is 3.86. The first kappa shape index (κ1) is 10.1. The Bertz CT molecular complexity index is 560. The molecule has 1 atom stereocenters. The van der Waals surface area contributed by atoms with Crippen molar-refractivity contribution in [2.45, 2.75) is 13.0 Å². The zero-order chi connectivity index (χ0) is 11.7. The zero-order valence-corrected chi connectivity index (χ0v) is 9.63. The minimum Gasteiger partial charge on any atom is -0.469 e. The number of rotatable bonds is 1. The lowest BCUT2D eigenvalue weighted by atomic mass is 10.1. The molecule has 3 rings (SSSR count). The van der Waals surface area contributed by atoms with Gasteiger partial charge in [0, 0.05) is 11.1 Å². The van der Waals surface area contributed by atoms with Crippen LogP contribution in [0.4, 0.5) is 5.69 Å². The Morgan fingerprint density at radius 2 is 1.65 bits per heavy atom. The Labute approximate surface area is 101 Å². The van der Waals surface area contributed by atoms with Crippen LogP contribution in [0, 0.1) is 0 Å². The van der Waals surface area contributed by atoms with Crippen LogP contribution in [-0.2, 0) is 4.74 Å². The standard InChI is InChI=1S/C15H13NO/c1-11-13-9-5-6-10-14(13)16-15(17-11)12-7-3-2-4-8-12/h2-11H,1H3. The fraction of sp³-hybridized carbons (Fsp3) is 0.133. The van der Waals surface area contributed by atoms with Gasteiger partial charge < -0.3 is 4.74 Å². The topological polar surface area (TPSA) is 21.6 Å². The van der Waals surface area contributed by atoms with Gasteiger partial charge in [-0.25, -0.2) is 4.99 Å². The first-order chi connectivity index (χ1) is 8.34. The van der Waals surface area contributed by atoms with E-state index in [4.69, 9.17) is 4.74 Å². The molecule has 0 saturated heterocycles. The molecule has 1 unspecified atom stereocenters. The van der Waals surface area contributed by atoms with Gasteiger partial charge in [-0.1, -0.05) is 36.4 Å². The number of benzene rings is 2. The molecule has 0 aromatic heterocycles. The minimum absolute atomic E-state index is 0.0545. The maximum atomic E-state index is 5.85. The summed E-state index contributed by atoms with van der Waals surface area (Å²) in [4.78, 5) is 4.56. The number of aliphatic imine (C=N–C) groups is 1. The normalized spacial score (nSPS) is 17.9. The van der Waals surface area contributed by atoms with Gasteiger partial charge in [0.2, 0.25) is 5.90 Å². The molecule has 2 nitrogen and oxygen atoms in total. The summed E-state index contributed by atoms with van der Waals surface area (Å²) in [6.45, 7) is 2.05. The molecule has 2 heteroatoms. The van der Waals surface area contributed by atoms with E-state index in [9.17, 15) is 0 Å². The highest BCUT2D eigenvalue weighted by atomic mass is 16.5. The number of ether oxygens (including phenoxy) is 1. The van der Waals surface area contributed by atoms with Crippen LogP contribution in [0.2, 0.25) is 0 Å².